The van der Waals surface area contributed by atoms with Crippen LogP contribution in [-0.2, 0) is 6.54 Å². The van der Waals surface area contributed by atoms with Crippen LogP contribution in [0.5, 0.6) is 5.75 Å². The molecule has 0 unspecified atom stereocenters. The summed E-state index contributed by atoms with van der Waals surface area (Å²) < 4.78 is 7.22. The van der Waals surface area contributed by atoms with Gasteiger partial charge < -0.3 is 10.1 Å². The monoisotopic (exact) mass is 273 g/mol. The molecule has 0 saturated carbocycles. The van der Waals surface area contributed by atoms with E-state index in [4.69, 9.17) is 4.74 Å². The van der Waals surface area contributed by atoms with Gasteiger partial charge in [0.25, 0.3) is 0 Å². The van der Waals surface area contributed by atoms with Crippen molar-refractivity contribution in [2.45, 2.75) is 39.3 Å². The van der Waals surface area contributed by atoms with Gasteiger partial charge in [-0.15, -0.1) is 0 Å². The van der Waals surface area contributed by atoms with Crippen molar-refractivity contribution in [1.29, 1.82) is 0 Å². The Balaban J connectivity index is 1.93. The predicted molar refractivity (Wildman–Crippen MR) is 82.2 cm³/mol. The van der Waals surface area contributed by atoms with Crippen molar-refractivity contribution in [3.05, 3.63) is 42.2 Å². The number of hydrogen-bond donors (Lipinski definition) is 1. The van der Waals surface area contributed by atoms with E-state index in [2.05, 4.69) is 41.2 Å². The molecule has 0 atom stereocenters. The Labute approximate surface area is 120 Å². The second-order valence-corrected chi connectivity index (χ2v) is 4.84. The van der Waals surface area contributed by atoms with Crippen LogP contribution < -0.4 is 10.1 Å². The van der Waals surface area contributed by atoms with E-state index in [1.54, 1.807) is 7.11 Å². The minimum Gasteiger partial charge on any atom is -0.497 e. The number of anilines is 1. The molecule has 20 heavy (non-hydrogen) atoms. The van der Waals surface area contributed by atoms with Crippen LogP contribution in [0.2, 0.25) is 0 Å². The lowest BCUT2D eigenvalue weighted by Gasteiger charge is -2.12. The van der Waals surface area contributed by atoms with Gasteiger partial charge in [0.1, 0.15) is 5.75 Å². The van der Waals surface area contributed by atoms with E-state index in [1.807, 2.05) is 24.3 Å². The molecule has 0 bridgehead atoms. The molecule has 1 aromatic carbocycles. The molecule has 0 fully saturated rings. The van der Waals surface area contributed by atoms with Gasteiger partial charge in [-0.3, -0.25) is 4.68 Å². The molecule has 4 nitrogen and oxygen atoms in total. The van der Waals surface area contributed by atoms with Crippen LogP contribution in [0.25, 0.3) is 0 Å². The van der Waals surface area contributed by atoms with E-state index in [-0.39, 0.29) is 0 Å². The van der Waals surface area contributed by atoms with Gasteiger partial charge in [0, 0.05) is 11.9 Å². The molecule has 1 N–H and O–H groups in total. The predicted octanol–water partition coefficient (Wildman–Crippen LogP) is 3.86. The molecule has 0 aliphatic rings. The van der Waals surface area contributed by atoms with Crippen LogP contribution in [0.4, 0.5) is 5.69 Å². The zero-order chi connectivity index (χ0) is 14.4. The fourth-order valence-electron chi connectivity index (χ4n) is 2.24. The van der Waals surface area contributed by atoms with Crippen molar-refractivity contribution in [2.75, 3.05) is 12.4 Å². The summed E-state index contributed by atoms with van der Waals surface area (Å²) in [6.07, 6.45) is 4.30. The van der Waals surface area contributed by atoms with Crippen LogP contribution in [0.1, 0.15) is 38.4 Å². The lowest BCUT2D eigenvalue weighted by atomic mass is 10.2. The van der Waals surface area contributed by atoms with Crippen molar-refractivity contribution in [3.8, 4) is 5.75 Å². The van der Waals surface area contributed by atoms with Gasteiger partial charge in [-0.25, -0.2) is 0 Å². The Morgan fingerprint density at radius 3 is 2.45 bits per heavy atom. The van der Waals surface area contributed by atoms with Gasteiger partial charge in [0.2, 0.25) is 0 Å². The number of methoxy groups -OCH3 is 1. The maximum absolute atomic E-state index is 5.14. The zero-order valence-electron chi connectivity index (χ0n) is 12.5. The van der Waals surface area contributed by atoms with Crippen LogP contribution in [0.15, 0.2) is 36.5 Å². The molecule has 0 spiro atoms. The molecule has 0 radical (unpaired) electrons. The Morgan fingerprint density at radius 2 is 1.85 bits per heavy atom. The fourth-order valence-corrected chi connectivity index (χ4v) is 2.24. The van der Waals surface area contributed by atoms with Gasteiger partial charge in [-0.2, -0.15) is 5.10 Å². The Hall–Kier alpha value is -1.97. The lowest BCUT2D eigenvalue weighted by Crippen LogP contribution is -2.08. The average molecular weight is 273 g/mol. The largest absolute Gasteiger partial charge is 0.497 e. The maximum Gasteiger partial charge on any atom is 0.119 e. The Morgan fingerprint density at radius 1 is 1.15 bits per heavy atom. The highest BCUT2D eigenvalue weighted by atomic mass is 16.5. The minimum atomic E-state index is 0.504. The highest BCUT2D eigenvalue weighted by Crippen LogP contribution is 2.17. The van der Waals surface area contributed by atoms with Crippen molar-refractivity contribution in [3.63, 3.8) is 0 Å². The third kappa shape index (κ3) is 3.53. The molecular weight excluding hydrogens is 250 g/mol. The van der Waals surface area contributed by atoms with E-state index < -0.39 is 0 Å². The summed E-state index contributed by atoms with van der Waals surface area (Å²) in [4.78, 5) is 0. The topological polar surface area (TPSA) is 39.1 Å². The number of ether oxygens (including phenoxy) is 1. The first kappa shape index (κ1) is 14.4. The first-order chi connectivity index (χ1) is 9.76. The molecule has 0 saturated heterocycles. The summed E-state index contributed by atoms with van der Waals surface area (Å²) in [5.74, 6) is 0.869. The number of nitrogens with one attached hydrogen (secondary N) is 1. The number of aromatic nitrogens is 2. The van der Waals surface area contributed by atoms with Gasteiger partial charge in [-0.1, -0.05) is 13.8 Å². The third-order valence-electron chi connectivity index (χ3n) is 3.54. The SMILES string of the molecule is CCC(CC)n1ccc(CNc2ccc(OC)cc2)n1. The maximum atomic E-state index is 5.14. The second-order valence-electron chi connectivity index (χ2n) is 4.84. The summed E-state index contributed by atoms with van der Waals surface area (Å²) in [6.45, 7) is 5.13. The molecule has 2 rings (SSSR count). The number of hydrogen-bond acceptors (Lipinski definition) is 3. The standard InChI is InChI=1S/C16H23N3O/c1-4-15(5-2)19-11-10-14(18-19)12-17-13-6-8-16(20-3)9-7-13/h6-11,15,17H,4-5,12H2,1-3H3. The molecule has 4 heteroatoms. The van der Waals surface area contributed by atoms with E-state index in [9.17, 15) is 0 Å². The number of benzene rings is 1. The third-order valence-corrected chi connectivity index (χ3v) is 3.54. The van der Waals surface area contributed by atoms with E-state index in [1.165, 1.54) is 0 Å². The van der Waals surface area contributed by atoms with Gasteiger partial charge in [0.15, 0.2) is 0 Å². The fraction of sp³-hybridized carbons (Fsp3) is 0.438. The molecule has 2 aromatic rings. The first-order valence-electron chi connectivity index (χ1n) is 7.18. The molecule has 108 valence electrons. The van der Waals surface area contributed by atoms with E-state index in [0.29, 0.717) is 6.04 Å². The molecular formula is C16H23N3O. The smallest absolute Gasteiger partial charge is 0.119 e. The second kappa shape index (κ2) is 6.98. The van der Waals surface area contributed by atoms with Crippen molar-refractivity contribution in [1.82, 2.24) is 9.78 Å². The number of nitrogens with zero attached hydrogens (tertiary/aromatic N) is 2. The minimum absolute atomic E-state index is 0.504. The summed E-state index contributed by atoms with van der Waals surface area (Å²) in [7, 11) is 1.67. The Kier molecular flexibility index (Phi) is 5.04. The van der Waals surface area contributed by atoms with E-state index >= 15 is 0 Å². The first-order valence-corrected chi connectivity index (χ1v) is 7.18. The van der Waals surface area contributed by atoms with Crippen LogP contribution >= 0.6 is 0 Å². The summed E-state index contributed by atoms with van der Waals surface area (Å²) in [5, 5.41) is 8.00. The van der Waals surface area contributed by atoms with E-state index in [0.717, 1.165) is 36.5 Å². The molecule has 0 amide bonds. The average Bonchev–Trinajstić information content (AvgIpc) is 2.96. The van der Waals surface area contributed by atoms with Crippen molar-refractivity contribution >= 4 is 5.69 Å². The number of rotatable bonds is 7. The molecule has 0 aliphatic carbocycles. The van der Waals surface area contributed by atoms with Crippen LogP contribution in [0, 0.1) is 0 Å². The summed E-state index contributed by atoms with van der Waals surface area (Å²) >= 11 is 0. The van der Waals surface area contributed by atoms with Crippen LogP contribution in [0.3, 0.4) is 0 Å². The normalized spacial score (nSPS) is 10.8. The molecule has 0 aliphatic heterocycles. The summed E-state index contributed by atoms with van der Waals surface area (Å²) in [6, 6.07) is 10.5. The van der Waals surface area contributed by atoms with Crippen molar-refractivity contribution in [2.24, 2.45) is 0 Å². The van der Waals surface area contributed by atoms with Crippen LogP contribution in [-0.4, -0.2) is 16.9 Å². The molecule has 1 heterocycles. The quantitative estimate of drug-likeness (QED) is 0.832. The van der Waals surface area contributed by atoms with Gasteiger partial charge in [-0.05, 0) is 43.2 Å². The Bertz CT molecular complexity index is 515. The summed E-state index contributed by atoms with van der Waals surface area (Å²) in [5.41, 5.74) is 2.13. The van der Waals surface area contributed by atoms with Crippen molar-refractivity contribution < 1.29 is 4.74 Å². The highest BCUT2D eigenvalue weighted by molar-refractivity contribution is 5.46. The highest BCUT2D eigenvalue weighted by Gasteiger charge is 2.07. The van der Waals surface area contributed by atoms with Gasteiger partial charge in [0.05, 0.1) is 25.4 Å². The zero-order valence-corrected chi connectivity index (χ0v) is 12.5. The molecule has 1 aromatic heterocycles. The van der Waals surface area contributed by atoms with Gasteiger partial charge >= 0.3 is 0 Å². The lowest BCUT2D eigenvalue weighted by molar-refractivity contribution is 0.415.